The van der Waals surface area contributed by atoms with Gasteiger partial charge in [-0.1, -0.05) is 17.7 Å². The lowest BCUT2D eigenvalue weighted by Crippen LogP contribution is -2.09. The molecule has 0 unspecified atom stereocenters. The van der Waals surface area contributed by atoms with Gasteiger partial charge in [0, 0.05) is 12.8 Å². The number of aryl methyl sites for hydroxylation is 3. The largest absolute Gasteiger partial charge is 0.466 e. The molecule has 0 aliphatic heterocycles. The second kappa shape index (κ2) is 7.83. The maximum atomic E-state index is 11.8. The van der Waals surface area contributed by atoms with Gasteiger partial charge in [-0.05, 0) is 50.8 Å². The van der Waals surface area contributed by atoms with Gasteiger partial charge < -0.3 is 4.74 Å². The van der Waals surface area contributed by atoms with E-state index in [1.165, 1.54) is 22.3 Å². The highest BCUT2D eigenvalue weighted by atomic mass is 16.5. The van der Waals surface area contributed by atoms with Crippen LogP contribution >= 0.6 is 0 Å². The van der Waals surface area contributed by atoms with Crippen LogP contribution in [0.15, 0.2) is 12.1 Å². The van der Waals surface area contributed by atoms with Gasteiger partial charge in [0.25, 0.3) is 0 Å². The second-order valence-corrected chi connectivity index (χ2v) is 5.22. The van der Waals surface area contributed by atoms with Crippen molar-refractivity contribution < 1.29 is 14.3 Å². The van der Waals surface area contributed by atoms with E-state index in [-0.39, 0.29) is 24.6 Å². The highest BCUT2D eigenvalue weighted by Gasteiger charge is 2.10. The number of esters is 1. The van der Waals surface area contributed by atoms with E-state index in [9.17, 15) is 9.59 Å². The lowest BCUT2D eigenvalue weighted by atomic mass is 9.95. The number of hydrogen-bond acceptors (Lipinski definition) is 3. The first kappa shape index (κ1) is 16.4. The molecule has 0 saturated heterocycles. The molecule has 0 aromatic heterocycles. The topological polar surface area (TPSA) is 43.4 Å². The van der Waals surface area contributed by atoms with E-state index in [1.807, 2.05) is 0 Å². The number of hydrogen-bond donors (Lipinski definition) is 0. The van der Waals surface area contributed by atoms with Crippen molar-refractivity contribution in [3.63, 3.8) is 0 Å². The summed E-state index contributed by atoms with van der Waals surface area (Å²) in [4.78, 5) is 23.0. The number of Topliss-reactive ketones (excluding diaryl/α,β-unsaturated/α-hetero) is 1. The Morgan fingerprint density at radius 1 is 1.00 bits per heavy atom. The highest BCUT2D eigenvalue weighted by molar-refractivity contribution is 5.83. The highest BCUT2D eigenvalue weighted by Crippen LogP contribution is 2.18. The summed E-state index contributed by atoms with van der Waals surface area (Å²) in [7, 11) is 0. The Bertz CT molecular complexity index is 466. The number of ether oxygens (including phenoxy) is 1. The molecular formula is C17H24O3. The summed E-state index contributed by atoms with van der Waals surface area (Å²) in [6.07, 6.45) is 1.71. The molecule has 0 N–H and O–H groups in total. The van der Waals surface area contributed by atoms with E-state index in [4.69, 9.17) is 4.74 Å². The van der Waals surface area contributed by atoms with Gasteiger partial charge in [-0.3, -0.25) is 9.59 Å². The Labute approximate surface area is 121 Å². The van der Waals surface area contributed by atoms with E-state index in [0.29, 0.717) is 13.0 Å². The molecule has 0 spiro atoms. The van der Waals surface area contributed by atoms with Crippen molar-refractivity contribution in [2.75, 3.05) is 6.61 Å². The lowest BCUT2D eigenvalue weighted by molar-refractivity contribution is -0.144. The van der Waals surface area contributed by atoms with E-state index >= 15 is 0 Å². The van der Waals surface area contributed by atoms with Crippen molar-refractivity contribution >= 4 is 11.8 Å². The standard InChI is InChI=1S/C17H24O3/c1-5-20-17(19)9-7-15(18)6-8-16-13(3)10-12(2)11-14(16)4/h10-11H,5-9H2,1-4H3. The minimum absolute atomic E-state index is 0.123. The number of rotatable bonds is 7. The minimum Gasteiger partial charge on any atom is -0.466 e. The zero-order valence-corrected chi connectivity index (χ0v) is 12.9. The predicted molar refractivity (Wildman–Crippen MR) is 79.8 cm³/mol. The van der Waals surface area contributed by atoms with Crippen LogP contribution in [0.4, 0.5) is 0 Å². The quantitative estimate of drug-likeness (QED) is 0.716. The zero-order valence-electron chi connectivity index (χ0n) is 12.9. The van der Waals surface area contributed by atoms with Crippen molar-refractivity contribution in [3.8, 4) is 0 Å². The first-order valence-corrected chi connectivity index (χ1v) is 7.18. The molecule has 1 rings (SSSR count). The van der Waals surface area contributed by atoms with Crippen LogP contribution in [0.2, 0.25) is 0 Å². The molecule has 0 radical (unpaired) electrons. The fourth-order valence-electron chi connectivity index (χ4n) is 2.47. The van der Waals surface area contributed by atoms with Gasteiger partial charge in [-0.2, -0.15) is 0 Å². The maximum absolute atomic E-state index is 11.8. The molecule has 0 heterocycles. The van der Waals surface area contributed by atoms with Crippen molar-refractivity contribution in [2.24, 2.45) is 0 Å². The molecule has 0 aliphatic carbocycles. The molecule has 1 aromatic carbocycles. The first-order chi connectivity index (χ1) is 9.43. The zero-order chi connectivity index (χ0) is 15.1. The molecule has 110 valence electrons. The summed E-state index contributed by atoms with van der Waals surface area (Å²) in [5, 5.41) is 0. The average Bonchev–Trinajstić information content (AvgIpc) is 2.35. The Balaban J connectivity index is 2.47. The second-order valence-electron chi connectivity index (χ2n) is 5.22. The van der Waals surface area contributed by atoms with Crippen LogP contribution in [-0.4, -0.2) is 18.4 Å². The normalized spacial score (nSPS) is 10.4. The number of ketones is 1. The summed E-state index contributed by atoms with van der Waals surface area (Å²) in [6.45, 7) is 8.38. The van der Waals surface area contributed by atoms with Crippen molar-refractivity contribution in [1.82, 2.24) is 0 Å². The molecule has 0 amide bonds. The average molecular weight is 276 g/mol. The third-order valence-corrected chi connectivity index (χ3v) is 3.41. The minimum atomic E-state index is -0.288. The molecular weight excluding hydrogens is 252 g/mol. The van der Waals surface area contributed by atoms with Crippen LogP contribution in [0, 0.1) is 20.8 Å². The van der Waals surface area contributed by atoms with Gasteiger partial charge in [0.05, 0.1) is 13.0 Å². The molecule has 20 heavy (non-hydrogen) atoms. The van der Waals surface area contributed by atoms with Crippen molar-refractivity contribution in [1.29, 1.82) is 0 Å². The van der Waals surface area contributed by atoms with Crippen LogP contribution in [0.5, 0.6) is 0 Å². The summed E-state index contributed by atoms with van der Waals surface area (Å²) in [5.74, 6) is -0.166. The van der Waals surface area contributed by atoms with Gasteiger partial charge in [0.2, 0.25) is 0 Å². The van der Waals surface area contributed by atoms with Crippen molar-refractivity contribution in [2.45, 2.75) is 53.4 Å². The van der Waals surface area contributed by atoms with E-state index in [0.717, 1.165) is 6.42 Å². The predicted octanol–water partition coefficient (Wildman–Crippen LogP) is 3.46. The SMILES string of the molecule is CCOC(=O)CCC(=O)CCc1c(C)cc(C)cc1C. The Kier molecular flexibility index (Phi) is 6.43. The molecule has 0 atom stereocenters. The van der Waals surface area contributed by atoms with Gasteiger partial charge in [-0.25, -0.2) is 0 Å². The third-order valence-electron chi connectivity index (χ3n) is 3.41. The van der Waals surface area contributed by atoms with E-state index in [1.54, 1.807) is 6.92 Å². The van der Waals surface area contributed by atoms with Gasteiger partial charge >= 0.3 is 5.97 Å². The van der Waals surface area contributed by atoms with Gasteiger partial charge in [0.15, 0.2) is 0 Å². The summed E-state index contributed by atoms with van der Waals surface area (Å²) in [6, 6.07) is 4.29. The smallest absolute Gasteiger partial charge is 0.306 e. The lowest BCUT2D eigenvalue weighted by Gasteiger charge is -2.10. The third kappa shape index (κ3) is 5.16. The van der Waals surface area contributed by atoms with Crippen molar-refractivity contribution in [3.05, 3.63) is 34.4 Å². The monoisotopic (exact) mass is 276 g/mol. The Morgan fingerprint density at radius 2 is 1.60 bits per heavy atom. The van der Waals surface area contributed by atoms with Crippen LogP contribution < -0.4 is 0 Å². The molecule has 0 aliphatic rings. The first-order valence-electron chi connectivity index (χ1n) is 7.18. The summed E-state index contributed by atoms with van der Waals surface area (Å²) < 4.78 is 4.82. The molecule has 1 aromatic rings. The molecule has 3 nitrogen and oxygen atoms in total. The number of carbonyl (C=O) groups excluding carboxylic acids is 2. The maximum Gasteiger partial charge on any atom is 0.306 e. The fraction of sp³-hybridized carbons (Fsp3) is 0.529. The summed E-state index contributed by atoms with van der Waals surface area (Å²) in [5.41, 5.74) is 4.97. The number of benzene rings is 1. The molecule has 0 fully saturated rings. The Hall–Kier alpha value is -1.64. The fourth-order valence-corrected chi connectivity index (χ4v) is 2.47. The van der Waals surface area contributed by atoms with Crippen LogP contribution in [0.3, 0.4) is 0 Å². The summed E-state index contributed by atoms with van der Waals surface area (Å²) >= 11 is 0. The van der Waals surface area contributed by atoms with Crippen LogP contribution in [0.1, 0.15) is 48.4 Å². The Morgan fingerprint density at radius 3 is 2.15 bits per heavy atom. The van der Waals surface area contributed by atoms with Crippen LogP contribution in [-0.2, 0) is 20.7 Å². The molecule has 3 heteroatoms. The number of carbonyl (C=O) groups is 2. The van der Waals surface area contributed by atoms with Gasteiger partial charge in [0.1, 0.15) is 5.78 Å². The molecule has 0 saturated carbocycles. The molecule has 0 bridgehead atoms. The van der Waals surface area contributed by atoms with E-state index in [2.05, 4.69) is 32.9 Å². The van der Waals surface area contributed by atoms with Crippen LogP contribution in [0.25, 0.3) is 0 Å². The van der Waals surface area contributed by atoms with Gasteiger partial charge in [-0.15, -0.1) is 0 Å². The van der Waals surface area contributed by atoms with E-state index < -0.39 is 0 Å².